The Hall–Kier alpha value is -2.56. The van der Waals surface area contributed by atoms with Crippen LogP contribution in [0.2, 0.25) is 0 Å². The topological polar surface area (TPSA) is 51.7 Å². The number of aromatic nitrogens is 1. The molecule has 1 aromatic carbocycles. The molecule has 26 heavy (non-hydrogen) atoms. The van der Waals surface area contributed by atoms with Crippen molar-refractivity contribution < 1.29 is 14.3 Å². The maximum Gasteiger partial charge on any atom is 0.227 e. The summed E-state index contributed by atoms with van der Waals surface area (Å²) >= 11 is 0. The number of rotatable bonds is 5. The highest BCUT2D eigenvalue weighted by Crippen LogP contribution is 2.38. The number of hydrogen-bond acceptors (Lipinski definition) is 4. The second-order valence-corrected chi connectivity index (χ2v) is 7.07. The monoisotopic (exact) mass is 352 g/mol. The largest absolute Gasteiger partial charge is 0.496 e. The Bertz CT molecular complexity index is 751. The molecular weight excluding hydrogens is 328 g/mol. The maximum absolute atomic E-state index is 13.0. The number of carbonyl (C=O) groups excluding carboxylic acids is 1. The Balaban J connectivity index is 1.42. The van der Waals surface area contributed by atoms with Crippen molar-refractivity contribution in [3.05, 3.63) is 54.4 Å². The standard InChI is InChI=1S/C21H24N2O3/c1-25-20-7-3-2-5-15(20)11-21(24)23-16-8-9-17(23)13-19(12-16)26-18-6-4-10-22-14-18/h2-7,10,14,16-17,19H,8-9,11-13H2,1H3. The van der Waals surface area contributed by atoms with Crippen LogP contribution in [0.15, 0.2) is 48.8 Å². The van der Waals surface area contributed by atoms with Crippen molar-refractivity contribution in [1.82, 2.24) is 9.88 Å². The molecule has 2 unspecified atom stereocenters. The van der Waals surface area contributed by atoms with Crippen LogP contribution < -0.4 is 9.47 Å². The summed E-state index contributed by atoms with van der Waals surface area (Å²) < 4.78 is 11.5. The fourth-order valence-corrected chi connectivity index (χ4v) is 4.34. The van der Waals surface area contributed by atoms with Gasteiger partial charge in [0.05, 0.1) is 19.7 Å². The molecule has 0 saturated carbocycles. The lowest BCUT2D eigenvalue weighted by Crippen LogP contribution is -2.49. The Labute approximate surface area is 153 Å². The van der Waals surface area contributed by atoms with Gasteiger partial charge in [-0.25, -0.2) is 0 Å². The summed E-state index contributed by atoms with van der Waals surface area (Å²) in [5, 5.41) is 0. The molecule has 2 aromatic rings. The summed E-state index contributed by atoms with van der Waals surface area (Å²) in [6, 6.07) is 12.1. The lowest BCUT2D eigenvalue weighted by atomic mass is 9.98. The van der Waals surface area contributed by atoms with E-state index >= 15 is 0 Å². The fraction of sp³-hybridized carbons (Fsp3) is 0.429. The zero-order valence-corrected chi connectivity index (χ0v) is 15.0. The molecule has 2 fully saturated rings. The summed E-state index contributed by atoms with van der Waals surface area (Å²) in [5.74, 6) is 1.79. The molecule has 0 radical (unpaired) electrons. The van der Waals surface area contributed by atoms with Crippen LogP contribution in [0.4, 0.5) is 0 Å². The van der Waals surface area contributed by atoms with Crippen molar-refractivity contribution in [2.75, 3.05) is 7.11 Å². The quantitative estimate of drug-likeness (QED) is 0.829. The van der Waals surface area contributed by atoms with Crippen LogP contribution in [0.25, 0.3) is 0 Å². The molecule has 2 aliphatic rings. The fourth-order valence-electron chi connectivity index (χ4n) is 4.34. The van der Waals surface area contributed by atoms with Gasteiger partial charge in [0.25, 0.3) is 0 Å². The maximum atomic E-state index is 13.0. The van der Waals surface area contributed by atoms with E-state index in [4.69, 9.17) is 9.47 Å². The Morgan fingerprint density at radius 3 is 2.62 bits per heavy atom. The molecule has 1 amide bonds. The normalized spacial score (nSPS) is 24.3. The second kappa shape index (κ2) is 7.36. The minimum absolute atomic E-state index is 0.159. The number of hydrogen-bond donors (Lipinski definition) is 0. The number of piperidine rings is 1. The predicted molar refractivity (Wildman–Crippen MR) is 98.2 cm³/mol. The average Bonchev–Trinajstić information content (AvgIpc) is 2.94. The third-order valence-electron chi connectivity index (χ3n) is 5.45. The first-order valence-electron chi connectivity index (χ1n) is 9.24. The number of ether oxygens (including phenoxy) is 2. The highest BCUT2D eigenvalue weighted by atomic mass is 16.5. The van der Waals surface area contributed by atoms with E-state index in [0.717, 1.165) is 42.7 Å². The van der Waals surface area contributed by atoms with Gasteiger partial charge < -0.3 is 14.4 Å². The van der Waals surface area contributed by atoms with E-state index in [2.05, 4.69) is 9.88 Å². The highest BCUT2D eigenvalue weighted by Gasteiger charge is 2.43. The van der Waals surface area contributed by atoms with Crippen molar-refractivity contribution in [2.24, 2.45) is 0 Å². The van der Waals surface area contributed by atoms with Crippen molar-refractivity contribution in [1.29, 1.82) is 0 Å². The van der Waals surface area contributed by atoms with E-state index in [9.17, 15) is 4.79 Å². The molecule has 136 valence electrons. The van der Waals surface area contributed by atoms with Gasteiger partial charge in [0.15, 0.2) is 0 Å². The smallest absolute Gasteiger partial charge is 0.227 e. The van der Waals surface area contributed by atoms with Crippen LogP contribution in [0.5, 0.6) is 11.5 Å². The molecule has 2 bridgehead atoms. The van der Waals surface area contributed by atoms with Crippen LogP contribution in [-0.2, 0) is 11.2 Å². The number of methoxy groups -OCH3 is 1. The SMILES string of the molecule is COc1ccccc1CC(=O)N1C2CCC1CC(Oc1cccnc1)C2. The van der Waals surface area contributed by atoms with Crippen molar-refractivity contribution in [3.63, 3.8) is 0 Å². The minimum Gasteiger partial charge on any atom is -0.496 e. The predicted octanol–water partition coefficient (Wildman–Crippen LogP) is 3.23. The summed E-state index contributed by atoms with van der Waals surface area (Å²) in [6.45, 7) is 0. The Kier molecular flexibility index (Phi) is 4.78. The van der Waals surface area contributed by atoms with E-state index in [-0.39, 0.29) is 24.1 Å². The zero-order valence-electron chi connectivity index (χ0n) is 15.0. The molecule has 0 N–H and O–H groups in total. The van der Waals surface area contributed by atoms with E-state index in [0.29, 0.717) is 6.42 Å². The van der Waals surface area contributed by atoms with Crippen molar-refractivity contribution in [3.8, 4) is 11.5 Å². The third-order valence-corrected chi connectivity index (χ3v) is 5.45. The van der Waals surface area contributed by atoms with Crippen LogP contribution in [0.1, 0.15) is 31.2 Å². The summed E-state index contributed by atoms with van der Waals surface area (Å²) in [7, 11) is 1.65. The molecule has 0 aliphatic carbocycles. The second-order valence-electron chi connectivity index (χ2n) is 7.07. The van der Waals surface area contributed by atoms with E-state index in [1.54, 1.807) is 19.5 Å². The summed E-state index contributed by atoms with van der Waals surface area (Å²) in [4.78, 5) is 19.2. The molecular formula is C21H24N2O3. The molecule has 5 nitrogen and oxygen atoms in total. The van der Waals surface area contributed by atoms with Gasteiger partial charge in [-0.2, -0.15) is 0 Å². The van der Waals surface area contributed by atoms with Gasteiger partial charge in [0.1, 0.15) is 17.6 Å². The first-order chi connectivity index (χ1) is 12.7. The molecule has 2 saturated heterocycles. The molecule has 1 aromatic heterocycles. The van der Waals surface area contributed by atoms with Gasteiger partial charge in [-0.05, 0) is 31.0 Å². The third kappa shape index (κ3) is 3.39. The van der Waals surface area contributed by atoms with Gasteiger partial charge in [0.2, 0.25) is 5.91 Å². The molecule has 4 rings (SSSR count). The number of benzene rings is 1. The lowest BCUT2D eigenvalue weighted by Gasteiger charge is -2.39. The number of amides is 1. The van der Waals surface area contributed by atoms with E-state index in [1.807, 2.05) is 36.4 Å². The molecule has 0 spiro atoms. The van der Waals surface area contributed by atoms with Gasteiger partial charge >= 0.3 is 0 Å². The lowest BCUT2D eigenvalue weighted by molar-refractivity contribution is -0.136. The summed E-state index contributed by atoms with van der Waals surface area (Å²) in [6.07, 6.45) is 7.96. The number of nitrogens with zero attached hydrogens (tertiary/aromatic N) is 2. The van der Waals surface area contributed by atoms with Gasteiger partial charge in [-0.1, -0.05) is 18.2 Å². The average molecular weight is 352 g/mol. The van der Waals surface area contributed by atoms with Crippen molar-refractivity contribution >= 4 is 5.91 Å². The molecule has 3 heterocycles. The van der Waals surface area contributed by atoms with Crippen LogP contribution in [0.3, 0.4) is 0 Å². The van der Waals surface area contributed by atoms with Crippen LogP contribution >= 0.6 is 0 Å². The number of carbonyl (C=O) groups is 1. The van der Waals surface area contributed by atoms with E-state index in [1.165, 1.54) is 0 Å². The molecule has 2 atom stereocenters. The van der Waals surface area contributed by atoms with Crippen LogP contribution in [-0.4, -0.2) is 41.1 Å². The van der Waals surface area contributed by atoms with Crippen molar-refractivity contribution in [2.45, 2.75) is 50.3 Å². The minimum atomic E-state index is 0.159. The first kappa shape index (κ1) is 16.9. The van der Waals surface area contributed by atoms with Crippen LogP contribution in [0, 0.1) is 0 Å². The molecule has 2 aliphatic heterocycles. The highest BCUT2D eigenvalue weighted by molar-refractivity contribution is 5.80. The number of fused-ring (bicyclic) bond motifs is 2. The zero-order chi connectivity index (χ0) is 17.9. The van der Waals surface area contributed by atoms with Gasteiger partial charge in [0, 0.05) is 36.7 Å². The summed E-state index contributed by atoms with van der Waals surface area (Å²) in [5.41, 5.74) is 0.952. The number of pyridine rings is 1. The van der Waals surface area contributed by atoms with Gasteiger partial charge in [-0.3, -0.25) is 9.78 Å². The number of para-hydroxylation sites is 1. The molecule has 5 heteroatoms. The first-order valence-corrected chi connectivity index (χ1v) is 9.24. The van der Waals surface area contributed by atoms with Gasteiger partial charge in [-0.15, -0.1) is 0 Å². The Morgan fingerprint density at radius 2 is 1.92 bits per heavy atom. The Morgan fingerprint density at radius 1 is 1.15 bits per heavy atom. The van der Waals surface area contributed by atoms with E-state index < -0.39 is 0 Å².